The van der Waals surface area contributed by atoms with Crippen LogP contribution in [0.3, 0.4) is 0 Å². The van der Waals surface area contributed by atoms with Crippen molar-refractivity contribution < 1.29 is 92.9 Å². The normalized spacial score (nSPS) is 27.1. The van der Waals surface area contributed by atoms with E-state index in [9.17, 15) is 88.2 Å². The van der Waals surface area contributed by atoms with Crippen LogP contribution in [-0.4, -0.2) is 204 Å². The Hall–Kier alpha value is -11.8. The van der Waals surface area contributed by atoms with Gasteiger partial charge in [0, 0.05) is 13.0 Å². The number of para-hydroxylation sites is 3. The number of hydrogen-bond acceptors (Lipinski definition) is 19. The molecule has 0 saturated carbocycles. The van der Waals surface area contributed by atoms with Gasteiger partial charge in [-0.3, -0.25) is 57.5 Å². The third kappa shape index (κ3) is 24.9. The lowest BCUT2D eigenvalue weighted by Gasteiger charge is -2.38. The van der Waals surface area contributed by atoms with E-state index in [-0.39, 0.29) is 71.0 Å². The second-order valence-electron chi connectivity index (χ2n) is 30.9. The molecule has 16 N–H and O–H groups in total. The van der Waals surface area contributed by atoms with Crippen molar-refractivity contribution in [3.8, 4) is 17.2 Å². The number of phenols is 3. The summed E-state index contributed by atoms with van der Waals surface area (Å²) >= 11 is 0. The summed E-state index contributed by atoms with van der Waals surface area (Å²) in [6.07, 6.45) is -2.73. The SMILES string of the molecule is CCC(C)C1C(=O)N[C@H](C)[C@H](NC(=O)c2ccccc2O)C(=O)N[C@@H](Cc2ccccc2)[C@@H](O)[C@@H](C)C(=O)N1C.CCC(C)C1NC(=O)[C@H](C)[C@H](O)[C@H](Cc2ccccc2)NC(=O)[C@@H](NC(=O)c2ccccc2O)[C@@H](C)NC1=O.CCC(C)C1OC(=O)[C@H](C)[C@H](O)[C@H](Cc2ccccc2)NC(=O)[C@@H](NC(=O)c2ccccc2O)[C@@H](C)NC1=O. The van der Waals surface area contributed by atoms with Crippen LogP contribution in [0, 0.1) is 35.5 Å². The fourth-order valence-electron chi connectivity index (χ4n) is 14.1. The molecule has 6 unspecified atom stereocenters. The maximum absolute atomic E-state index is 13.7. The second-order valence-corrected chi connectivity index (χ2v) is 30.9. The molecule has 3 heterocycles. The molecule has 3 fully saturated rings. The van der Waals surface area contributed by atoms with Crippen molar-refractivity contribution in [1.82, 2.24) is 58.1 Å². The summed E-state index contributed by atoms with van der Waals surface area (Å²) in [6.45, 7) is 20.4. The summed E-state index contributed by atoms with van der Waals surface area (Å²) in [5.74, 6) is -12.0. The molecule has 0 spiro atoms. The standard InChI is InChI=1S/C30H40N4O6.C29H38N4O6.C29H37N3O7/c1-6-17(2)25-29(39)31-19(4)24(33-27(37)21-14-10-11-15-23(21)35)28(38)32-22(16-20-12-8-7-9-13-20)26(36)18(3)30(40)34(25)5;1-5-16(2)23-28(38)30-18(4)24(33-27(37)20-13-9-10-14-22(20)34)29(39)31-21(15-19-11-7-6-8-12-19)25(35)17(3)26(36)32-23;1-5-16(2)25-28(37)30-18(4)23(32-26(35)20-13-9-10-14-22(20)33)27(36)31-21(15-19-11-7-6-8-12-19)24(34)17(3)29(38)39-25/h7-15,17-19,22,24-26,35-36H,6,16H2,1-5H3,(H,31,39)(H,32,38)(H,33,37);6-14,16-18,21,23-25,34-35H,5,15H2,1-4H3,(H,30,38)(H,31,39)(H,32,36)(H,33,37);6-14,16-18,21,23-25,33-34H,5,15H2,1-4H3,(H,30,37)(H,31,36)(H,32,35)/t17?,18-,19-,22+,24+,25?,26+;16?,17-,18-,21+,23?,24+,25+;16?,17-,18-,21+,23+,24+,25?/m111/s1. The molecule has 3 aliphatic rings. The molecule has 9 rings (SSSR count). The minimum atomic E-state index is -1.36. The highest BCUT2D eigenvalue weighted by atomic mass is 16.6. The number of carbonyl (C=O) groups excluding carboxylic acids is 12. The predicted molar refractivity (Wildman–Crippen MR) is 439 cm³/mol. The van der Waals surface area contributed by atoms with Gasteiger partial charge in [-0.25, -0.2) is 0 Å². The molecule has 0 bridgehead atoms. The zero-order valence-corrected chi connectivity index (χ0v) is 68.9. The van der Waals surface area contributed by atoms with Crippen molar-refractivity contribution in [2.24, 2.45) is 35.5 Å². The van der Waals surface area contributed by atoms with Gasteiger partial charge < -0.3 is 93.4 Å². The Kier molecular flexibility index (Phi) is 34.8. The van der Waals surface area contributed by atoms with E-state index >= 15 is 0 Å². The summed E-state index contributed by atoms with van der Waals surface area (Å²) in [7, 11) is 1.54. The lowest BCUT2D eigenvalue weighted by atomic mass is 9.89. The van der Waals surface area contributed by atoms with Crippen molar-refractivity contribution >= 4 is 70.9 Å². The first-order valence-electron chi connectivity index (χ1n) is 40.0. The van der Waals surface area contributed by atoms with E-state index < -0.39 is 180 Å². The topological polar surface area (TPSA) is 459 Å². The molecule has 0 aliphatic carbocycles. The van der Waals surface area contributed by atoms with Crippen LogP contribution < -0.4 is 53.2 Å². The van der Waals surface area contributed by atoms with Crippen LogP contribution >= 0.6 is 0 Å². The Balaban J connectivity index is 0.000000244. The van der Waals surface area contributed by atoms with Crippen LogP contribution in [0.2, 0.25) is 0 Å². The molecule has 3 saturated heterocycles. The minimum absolute atomic E-state index is 0.0303. The molecule has 30 heteroatoms. The summed E-state index contributed by atoms with van der Waals surface area (Å²) < 4.78 is 5.60. The average Bonchev–Trinajstić information content (AvgIpc) is 0.813. The van der Waals surface area contributed by atoms with Gasteiger partial charge in [-0.2, -0.15) is 0 Å². The van der Waals surface area contributed by atoms with Crippen LogP contribution in [-0.2, 0) is 67.2 Å². The van der Waals surface area contributed by atoms with Crippen LogP contribution in [0.1, 0.15) is 150 Å². The molecular weight excluding hydrogens is 1520 g/mol. The number of benzene rings is 6. The Morgan fingerprint density at radius 2 is 0.695 bits per heavy atom. The van der Waals surface area contributed by atoms with Crippen molar-refractivity contribution in [1.29, 1.82) is 0 Å². The zero-order valence-electron chi connectivity index (χ0n) is 68.9. The Morgan fingerprint density at radius 1 is 0.381 bits per heavy atom. The average molecular weight is 1630 g/mol. The number of ether oxygens (including phenoxy) is 1. The van der Waals surface area contributed by atoms with E-state index in [1.807, 2.05) is 126 Å². The Morgan fingerprint density at radius 3 is 1.04 bits per heavy atom. The van der Waals surface area contributed by atoms with Crippen molar-refractivity contribution in [3.05, 3.63) is 197 Å². The highest BCUT2D eigenvalue weighted by Crippen LogP contribution is 2.27. The summed E-state index contributed by atoms with van der Waals surface area (Å²) in [5, 5.41) is 91.7. The Bertz CT molecular complexity index is 4250. The van der Waals surface area contributed by atoms with Gasteiger partial charge in [0.1, 0.15) is 47.5 Å². The van der Waals surface area contributed by atoms with Gasteiger partial charge in [0.05, 0.1) is 89.0 Å². The first-order valence-corrected chi connectivity index (χ1v) is 40.0. The predicted octanol–water partition coefficient (Wildman–Crippen LogP) is 4.56. The molecule has 11 amide bonds. The lowest BCUT2D eigenvalue weighted by Crippen LogP contribution is -2.64. The van der Waals surface area contributed by atoms with E-state index in [4.69, 9.17) is 4.74 Å². The third-order valence-electron chi connectivity index (χ3n) is 22.3. The first-order chi connectivity index (χ1) is 56.0. The van der Waals surface area contributed by atoms with Crippen LogP contribution in [0.15, 0.2) is 164 Å². The molecule has 30 nitrogen and oxygen atoms in total. The third-order valence-corrected chi connectivity index (χ3v) is 22.3. The van der Waals surface area contributed by atoms with Crippen LogP contribution in [0.5, 0.6) is 17.2 Å². The van der Waals surface area contributed by atoms with E-state index in [1.54, 1.807) is 85.0 Å². The largest absolute Gasteiger partial charge is 0.507 e. The minimum Gasteiger partial charge on any atom is -0.507 e. The number of phenolic OH excluding ortho intramolecular Hbond substituents is 3. The number of esters is 1. The smallest absolute Gasteiger partial charge is 0.312 e. The summed E-state index contributed by atoms with van der Waals surface area (Å²) in [5.41, 5.74) is 2.36. The number of carbonyl (C=O) groups is 12. The summed E-state index contributed by atoms with van der Waals surface area (Å²) in [4.78, 5) is 161. The molecule has 21 atom stereocenters. The number of aliphatic hydroxyl groups is 3. The monoisotopic (exact) mass is 1630 g/mol. The maximum atomic E-state index is 13.7. The molecular formula is C88H115N11O19. The molecule has 0 aromatic heterocycles. The van der Waals surface area contributed by atoms with Gasteiger partial charge in [0.2, 0.25) is 41.4 Å². The fraction of sp³-hybridized carbons (Fsp3) is 0.455. The number of likely N-dealkylation sites (N-methyl/N-ethyl adjacent to an activating group) is 1. The van der Waals surface area contributed by atoms with E-state index in [2.05, 4.69) is 53.2 Å². The molecule has 636 valence electrons. The number of nitrogens with zero attached hydrogens (tertiary/aromatic N) is 1. The second kappa shape index (κ2) is 44.0. The summed E-state index contributed by atoms with van der Waals surface area (Å²) in [6, 6.07) is 34.3. The van der Waals surface area contributed by atoms with Gasteiger partial charge in [-0.05, 0) is 118 Å². The molecule has 6 aromatic rings. The Labute approximate surface area is 688 Å². The van der Waals surface area contributed by atoms with Gasteiger partial charge in [0.25, 0.3) is 23.6 Å². The fourth-order valence-corrected chi connectivity index (χ4v) is 14.1. The molecule has 6 aromatic carbocycles. The van der Waals surface area contributed by atoms with Gasteiger partial charge in [-0.15, -0.1) is 0 Å². The van der Waals surface area contributed by atoms with Crippen molar-refractivity contribution in [2.75, 3.05) is 7.05 Å². The van der Waals surface area contributed by atoms with Gasteiger partial charge in [0.15, 0.2) is 6.10 Å². The van der Waals surface area contributed by atoms with Crippen molar-refractivity contribution in [3.63, 3.8) is 0 Å². The number of cyclic esters (lactones) is 1. The van der Waals surface area contributed by atoms with E-state index in [0.717, 1.165) is 16.7 Å². The number of amides is 11. The van der Waals surface area contributed by atoms with Crippen molar-refractivity contribution in [2.45, 2.75) is 212 Å². The van der Waals surface area contributed by atoms with Gasteiger partial charge in [-0.1, -0.05) is 196 Å². The number of nitrogens with one attached hydrogen (secondary N) is 10. The quantitative estimate of drug-likeness (QED) is 0.0524. The number of rotatable bonds is 18. The molecule has 118 heavy (non-hydrogen) atoms. The molecule has 0 radical (unpaired) electrons. The number of aliphatic hydroxyl groups excluding tert-OH is 3. The van der Waals surface area contributed by atoms with Crippen LogP contribution in [0.25, 0.3) is 0 Å². The zero-order chi connectivity index (χ0) is 86.9. The van der Waals surface area contributed by atoms with Crippen LogP contribution in [0.4, 0.5) is 0 Å². The highest BCUT2D eigenvalue weighted by molar-refractivity contribution is 6.02. The molecule has 3 aliphatic heterocycles. The first kappa shape index (κ1) is 93.4. The van der Waals surface area contributed by atoms with E-state index in [1.165, 1.54) is 48.2 Å². The van der Waals surface area contributed by atoms with Gasteiger partial charge >= 0.3 is 5.97 Å². The number of hydrogen-bond donors (Lipinski definition) is 16. The lowest BCUT2D eigenvalue weighted by molar-refractivity contribution is -0.167. The van der Waals surface area contributed by atoms with E-state index in [0.29, 0.717) is 19.3 Å². The maximum Gasteiger partial charge on any atom is 0.312 e. The highest BCUT2D eigenvalue weighted by Gasteiger charge is 2.45. The number of aromatic hydroxyl groups is 3.